The minimum absolute atomic E-state index is 0.0409. The fourth-order valence-corrected chi connectivity index (χ4v) is 8.32. The first-order valence-electron chi connectivity index (χ1n) is 20.7. The molecule has 3 N–H and O–H groups in total. The molecule has 2 fully saturated rings. The molecule has 0 spiro atoms. The number of hydrogen-bond acceptors (Lipinski definition) is 10. The lowest BCUT2D eigenvalue weighted by Gasteiger charge is -2.39. The monoisotopic (exact) mass is 966 g/mol. The van der Waals surface area contributed by atoms with Crippen LogP contribution in [0.2, 0.25) is 20.1 Å². The van der Waals surface area contributed by atoms with Crippen LogP contribution in [-0.4, -0.2) is 104 Å². The molecule has 0 radical (unpaired) electrons. The van der Waals surface area contributed by atoms with Crippen LogP contribution in [0.15, 0.2) is 36.9 Å². The lowest BCUT2D eigenvalue weighted by molar-refractivity contribution is -0.117. The molecule has 4 rings (SSSR count). The Kier molecular flexibility index (Phi) is 24.2. The standard InChI is InChI=1S/C28H32Cl4O5.C7H13NO.C6H13N.C5H12O3S/c1-3-10-35-15-21(34)17-37-27-24(31)13-19(14-25(27)32)28(8-6-5-7-9-28)18-11-22(29)26(23(30)12-18)36-16-20(33)4-2;1-5-6(9)8-7(2,3)4;1-6(2,3)7-4-5-7;1-5(2,3)8-9(4,6)7/h1,11-14,20-21,33-34H,4-10,15-17H2,2H3;5H,1H2,2-4H3,(H,8,9);4-5H2,1-3H3;1-4H3. The molecule has 1 heterocycles. The van der Waals surface area contributed by atoms with E-state index in [9.17, 15) is 23.4 Å². The van der Waals surface area contributed by atoms with E-state index in [1.54, 1.807) is 20.8 Å². The summed E-state index contributed by atoms with van der Waals surface area (Å²) in [6, 6.07) is 7.48. The van der Waals surface area contributed by atoms with Gasteiger partial charge in [0, 0.05) is 29.6 Å². The average Bonchev–Trinajstić information content (AvgIpc) is 4.00. The molecule has 16 heteroatoms. The van der Waals surface area contributed by atoms with Crippen LogP contribution in [-0.2, 0) is 29.2 Å². The summed E-state index contributed by atoms with van der Waals surface area (Å²) < 4.78 is 42.0. The smallest absolute Gasteiger partial charge is 0.264 e. The first-order chi connectivity index (χ1) is 28.5. The van der Waals surface area contributed by atoms with Crippen molar-refractivity contribution in [3.05, 3.63) is 68.1 Å². The lowest BCUT2D eigenvalue weighted by atomic mass is 9.65. The number of aliphatic hydroxyl groups excluding tert-OH is 2. The fraction of sp³-hybridized carbons (Fsp3) is 0.630. The number of terminal acetylenes is 1. The van der Waals surface area contributed by atoms with Gasteiger partial charge in [-0.3, -0.25) is 13.9 Å². The molecule has 2 atom stereocenters. The predicted octanol–water partition coefficient (Wildman–Crippen LogP) is 10.0. The molecule has 352 valence electrons. The van der Waals surface area contributed by atoms with Gasteiger partial charge in [-0.2, -0.15) is 8.42 Å². The molecular weight excluding hydrogens is 898 g/mol. The zero-order valence-electron chi connectivity index (χ0n) is 38.4. The van der Waals surface area contributed by atoms with Gasteiger partial charge in [0.1, 0.15) is 25.9 Å². The van der Waals surface area contributed by atoms with Crippen LogP contribution in [0.5, 0.6) is 11.5 Å². The largest absolute Gasteiger partial charge is 0.488 e. The first kappa shape index (κ1) is 57.7. The van der Waals surface area contributed by atoms with Crippen LogP contribution in [0.3, 0.4) is 0 Å². The second kappa shape index (κ2) is 26.0. The van der Waals surface area contributed by atoms with Crippen LogP contribution in [0, 0.1) is 12.3 Å². The van der Waals surface area contributed by atoms with Gasteiger partial charge in [-0.05, 0) is 123 Å². The molecule has 0 bridgehead atoms. The van der Waals surface area contributed by atoms with Crippen molar-refractivity contribution in [2.75, 3.05) is 45.8 Å². The zero-order chi connectivity index (χ0) is 47.7. The Bertz CT molecular complexity index is 1830. The molecule has 1 saturated heterocycles. The van der Waals surface area contributed by atoms with E-state index in [1.165, 1.54) is 19.2 Å². The molecule has 0 aromatic heterocycles. The average molecular weight is 969 g/mol. The maximum absolute atomic E-state index is 10.6. The highest BCUT2D eigenvalue weighted by Crippen LogP contribution is 2.50. The van der Waals surface area contributed by atoms with Gasteiger partial charge < -0.3 is 29.7 Å². The Morgan fingerprint density at radius 3 is 1.56 bits per heavy atom. The van der Waals surface area contributed by atoms with Gasteiger partial charge in [-0.15, -0.1) is 6.42 Å². The number of amides is 1. The number of carbonyl (C=O) groups excluding carboxylic acids is 1. The molecular formula is C46H70Cl4N2O9S. The molecule has 62 heavy (non-hydrogen) atoms. The summed E-state index contributed by atoms with van der Waals surface area (Å²) in [5.74, 6) is 2.87. The van der Waals surface area contributed by atoms with Crippen molar-refractivity contribution in [3.63, 3.8) is 0 Å². The minimum Gasteiger partial charge on any atom is -0.488 e. The summed E-state index contributed by atoms with van der Waals surface area (Å²) >= 11 is 26.5. The number of ether oxygens (including phenoxy) is 3. The van der Waals surface area contributed by atoms with Gasteiger partial charge in [-0.1, -0.05) is 85.1 Å². The van der Waals surface area contributed by atoms with E-state index in [-0.39, 0.29) is 37.9 Å². The SMILES string of the molecule is C#CCOCC(O)COc1c(Cl)cc(C2(c3cc(Cl)c(OCC(O)CC)c(Cl)c3)CCCCC2)cc1Cl.C=CC(=O)NC(C)(C)C.CC(C)(C)N1CC1.CC(C)(C)OS(C)(=O)=O. The molecule has 2 aromatic carbocycles. The van der Waals surface area contributed by atoms with Crippen molar-refractivity contribution in [2.45, 2.75) is 142 Å². The van der Waals surface area contributed by atoms with Gasteiger partial charge in [0.15, 0.2) is 11.5 Å². The highest BCUT2D eigenvalue weighted by Gasteiger charge is 2.38. The summed E-state index contributed by atoms with van der Waals surface area (Å²) in [4.78, 5) is 13.0. The number of benzene rings is 2. The third kappa shape index (κ3) is 22.6. The van der Waals surface area contributed by atoms with Crippen molar-refractivity contribution in [3.8, 4) is 23.8 Å². The Morgan fingerprint density at radius 2 is 1.29 bits per heavy atom. The third-order valence-electron chi connectivity index (χ3n) is 9.10. The van der Waals surface area contributed by atoms with Gasteiger partial charge in [-0.25, -0.2) is 0 Å². The quantitative estimate of drug-likeness (QED) is 0.0551. The second-order valence-corrected chi connectivity index (χ2v) is 21.4. The van der Waals surface area contributed by atoms with Crippen molar-refractivity contribution in [1.29, 1.82) is 0 Å². The fourth-order valence-electron chi connectivity index (χ4n) is 6.22. The number of halogens is 4. The van der Waals surface area contributed by atoms with E-state index in [1.807, 2.05) is 52.0 Å². The number of hydrogen-bond donors (Lipinski definition) is 3. The first-order valence-corrected chi connectivity index (χ1v) is 24.0. The van der Waals surface area contributed by atoms with E-state index in [4.69, 9.17) is 67.0 Å². The van der Waals surface area contributed by atoms with Crippen LogP contribution in [0.1, 0.15) is 119 Å². The minimum atomic E-state index is -3.28. The van der Waals surface area contributed by atoms with E-state index < -0.39 is 33.3 Å². The molecule has 1 aliphatic carbocycles. The molecule has 2 unspecified atom stereocenters. The second-order valence-electron chi connectivity index (χ2n) is 18.2. The van der Waals surface area contributed by atoms with Crippen molar-refractivity contribution in [2.24, 2.45) is 0 Å². The molecule has 2 aromatic rings. The predicted molar refractivity (Wildman–Crippen MR) is 255 cm³/mol. The number of rotatable bonds is 14. The molecule has 1 saturated carbocycles. The Morgan fingerprint density at radius 1 is 0.855 bits per heavy atom. The van der Waals surface area contributed by atoms with Gasteiger partial charge in [0.2, 0.25) is 5.91 Å². The lowest BCUT2D eigenvalue weighted by Crippen LogP contribution is -2.39. The van der Waals surface area contributed by atoms with Crippen molar-refractivity contribution in [1.82, 2.24) is 10.2 Å². The maximum Gasteiger partial charge on any atom is 0.264 e. The summed E-state index contributed by atoms with van der Waals surface area (Å²) in [7, 11) is -3.28. The summed E-state index contributed by atoms with van der Waals surface area (Å²) in [6.45, 7) is 25.6. The van der Waals surface area contributed by atoms with Crippen LogP contribution in [0.25, 0.3) is 0 Å². The van der Waals surface area contributed by atoms with E-state index in [0.29, 0.717) is 43.5 Å². The van der Waals surface area contributed by atoms with E-state index in [2.05, 4.69) is 47.7 Å². The van der Waals surface area contributed by atoms with Gasteiger partial charge in [0.25, 0.3) is 10.1 Å². The number of nitrogens with zero attached hydrogens (tertiary/aromatic N) is 1. The van der Waals surface area contributed by atoms with Crippen molar-refractivity contribution >= 4 is 62.4 Å². The highest BCUT2D eigenvalue weighted by molar-refractivity contribution is 7.86. The summed E-state index contributed by atoms with van der Waals surface area (Å²) in [5.41, 5.74) is 1.18. The topological polar surface area (TPSA) is 144 Å². The Hall–Kier alpha value is -2.28. The van der Waals surface area contributed by atoms with Gasteiger partial charge >= 0.3 is 0 Å². The van der Waals surface area contributed by atoms with Crippen LogP contribution >= 0.6 is 46.4 Å². The van der Waals surface area contributed by atoms with Crippen LogP contribution < -0.4 is 14.8 Å². The third-order valence-corrected chi connectivity index (χ3v) is 11.0. The highest BCUT2D eigenvalue weighted by atomic mass is 35.5. The number of carbonyl (C=O) groups is 1. The maximum atomic E-state index is 10.6. The number of aliphatic hydroxyl groups is 2. The molecule has 11 nitrogen and oxygen atoms in total. The van der Waals surface area contributed by atoms with E-state index >= 15 is 0 Å². The molecule has 1 aliphatic heterocycles. The van der Waals surface area contributed by atoms with Gasteiger partial charge in [0.05, 0.1) is 44.7 Å². The number of nitrogens with one attached hydrogen (secondary N) is 1. The zero-order valence-corrected chi connectivity index (χ0v) is 42.3. The van der Waals surface area contributed by atoms with E-state index in [0.717, 1.165) is 49.5 Å². The molecule has 1 amide bonds. The Labute approximate surface area is 392 Å². The molecule has 2 aliphatic rings. The Balaban J connectivity index is 0.000000617. The summed E-state index contributed by atoms with van der Waals surface area (Å²) in [6.07, 6.45) is 11.4. The normalized spacial score (nSPS) is 16.0. The van der Waals surface area contributed by atoms with Crippen LogP contribution in [0.4, 0.5) is 0 Å². The summed E-state index contributed by atoms with van der Waals surface area (Å²) in [5, 5.41) is 24.1. The van der Waals surface area contributed by atoms with Crippen molar-refractivity contribution < 1.29 is 41.8 Å².